The molecular formula is C20H18N2O3S. The normalized spacial score (nSPS) is 16.3. The summed E-state index contributed by atoms with van der Waals surface area (Å²) in [5, 5.41) is 6.13. The molecule has 2 amide bonds. The predicted octanol–water partition coefficient (Wildman–Crippen LogP) is 3.33. The van der Waals surface area contributed by atoms with Gasteiger partial charge in [-0.25, -0.2) is 0 Å². The molecular weight excluding hydrogens is 348 g/mol. The van der Waals surface area contributed by atoms with E-state index in [2.05, 4.69) is 22.8 Å². The number of nitrogens with one attached hydrogen (secondary N) is 1. The van der Waals surface area contributed by atoms with E-state index >= 15 is 0 Å². The maximum atomic E-state index is 12.5. The van der Waals surface area contributed by atoms with Crippen molar-refractivity contribution in [2.24, 2.45) is 0 Å². The van der Waals surface area contributed by atoms with Gasteiger partial charge in [0.1, 0.15) is 12.3 Å². The molecule has 5 nitrogen and oxygen atoms in total. The van der Waals surface area contributed by atoms with Gasteiger partial charge in [-0.1, -0.05) is 30.3 Å². The van der Waals surface area contributed by atoms with Gasteiger partial charge in [0.2, 0.25) is 5.91 Å². The lowest BCUT2D eigenvalue weighted by Crippen LogP contribution is -2.48. The fourth-order valence-corrected chi connectivity index (χ4v) is 4.05. The highest BCUT2D eigenvalue weighted by Crippen LogP contribution is 2.33. The second-order valence-electron chi connectivity index (χ2n) is 6.19. The maximum Gasteiger partial charge on any atom is 0.268 e. The molecule has 1 aliphatic heterocycles. The van der Waals surface area contributed by atoms with E-state index in [-0.39, 0.29) is 18.4 Å². The van der Waals surface area contributed by atoms with E-state index in [0.29, 0.717) is 18.0 Å². The van der Waals surface area contributed by atoms with Gasteiger partial charge in [0, 0.05) is 11.2 Å². The van der Waals surface area contributed by atoms with E-state index in [9.17, 15) is 9.59 Å². The molecule has 0 spiro atoms. The van der Waals surface area contributed by atoms with Crippen molar-refractivity contribution in [1.29, 1.82) is 0 Å². The number of amides is 2. The molecule has 1 unspecified atom stereocenters. The Morgan fingerprint density at radius 2 is 1.96 bits per heavy atom. The minimum atomic E-state index is -0.599. The van der Waals surface area contributed by atoms with E-state index in [4.69, 9.17) is 4.74 Å². The molecule has 3 aromatic rings. The highest BCUT2D eigenvalue weighted by atomic mass is 32.1. The molecule has 0 radical (unpaired) electrons. The predicted molar refractivity (Wildman–Crippen MR) is 103 cm³/mol. The van der Waals surface area contributed by atoms with Gasteiger partial charge in [-0.2, -0.15) is 0 Å². The van der Waals surface area contributed by atoms with Crippen LogP contribution in [0.1, 0.15) is 12.5 Å². The zero-order valence-corrected chi connectivity index (χ0v) is 15.1. The van der Waals surface area contributed by atoms with Crippen molar-refractivity contribution >= 4 is 38.9 Å². The van der Waals surface area contributed by atoms with Crippen LogP contribution in [-0.4, -0.2) is 24.5 Å². The van der Waals surface area contributed by atoms with Crippen LogP contribution in [0.25, 0.3) is 10.1 Å². The Morgan fingerprint density at radius 1 is 1.19 bits per heavy atom. The Balaban J connectivity index is 1.47. The largest absolute Gasteiger partial charge is 0.479 e. The van der Waals surface area contributed by atoms with Crippen LogP contribution in [0, 0.1) is 0 Å². The number of hydrogen-bond acceptors (Lipinski definition) is 4. The van der Waals surface area contributed by atoms with Crippen LogP contribution in [0.3, 0.4) is 0 Å². The number of rotatable bonds is 4. The number of hydrogen-bond donors (Lipinski definition) is 1. The fraction of sp³-hybridized carbons (Fsp3) is 0.200. The number of thiophene rings is 1. The number of carbonyl (C=O) groups is 2. The van der Waals surface area contributed by atoms with Gasteiger partial charge < -0.3 is 10.1 Å². The Kier molecular flexibility index (Phi) is 4.34. The molecule has 0 saturated carbocycles. The van der Waals surface area contributed by atoms with E-state index in [0.717, 1.165) is 10.9 Å². The van der Waals surface area contributed by atoms with Gasteiger partial charge in [-0.15, -0.1) is 11.3 Å². The van der Waals surface area contributed by atoms with Gasteiger partial charge >= 0.3 is 0 Å². The quantitative estimate of drug-likeness (QED) is 0.770. The van der Waals surface area contributed by atoms with E-state index in [1.807, 2.05) is 24.3 Å². The number of nitrogens with zero attached hydrogens (tertiary/aromatic N) is 1. The first-order valence-electron chi connectivity index (χ1n) is 8.42. The molecule has 2 heterocycles. The molecule has 0 fully saturated rings. The first-order valence-corrected chi connectivity index (χ1v) is 9.30. The van der Waals surface area contributed by atoms with E-state index in [1.165, 1.54) is 9.60 Å². The molecule has 1 N–H and O–H groups in total. The average molecular weight is 366 g/mol. The Bertz CT molecular complexity index is 982. The molecule has 1 atom stereocenters. The van der Waals surface area contributed by atoms with Crippen molar-refractivity contribution < 1.29 is 14.3 Å². The van der Waals surface area contributed by atoms with Crippen LogP contribution in [0.5, 0.6) is 5.75 Å². The minimum absolute atomic E-state index is 0.0222. The highest BCUT2D eigenvalue weighted by molar-refractivity contribution is 7.17. The fourth-order valence-electron chi connectivity index (χ4n) is 3.08. The van der Waals surface area contributed by atoms with Gasteiger partial charge in [-0.05, 0) is 41.5 Å². The molecule has 6 heteroatoms. The van der Waals surface area contributed by atoms with Crippen molar-refractivity contribution in [1.82, 2.24) is 5.32 Å². The van der Waals surface area contributed by atoms with E-state index < -0.39 is 6.10 Å². The third-order valence-electron chi connectivity index (χ3n) is 4.41. The lowest BCUT2D eigenvalue weighted by molar-refractivity contribution is -0.128. The van der Waals surface area contributed by atoms with Gasteiger partial charge in [-0.3, -0.25) is 14.5 Å². The number of carbonyl (C=O) groups excluding carboxylic acids is 2. The Hall–Kier alpha value is -2.86. The van der Waals surface area contributed by atoms with Crippen LogP contribution in [-0.2, 0) is 16.1 Å². The zero-order valence-electron chi connectivity index (χ0n) is 14.3. The zero-order chi connectivity index (χ0) is 18.1. The summed E-state index contributed by atoms with van der Waals surface area (Å²) < 4.78 is 6.80. The van der Waals surface area contributed by atoms with Crippen LogP contribution in [0.2, 0.25) is 0 Å². The summed E-state index contributed by atoms with van der Waals surface area (Å²) in [4.78, 5) is 26.4. The first kappa shape index (κ1) is 16.6. The average Bonchev–Trinajstić information content (AvgIpc) is 3.07. The number of fused-ring (bicyclic) bond motifs is 2. The SMILES string of the molecule is CC1Oc2ccccc2N(CC(=O)NCc2csc3ccccc23)C1=O. The topological polar surface area (TPSA) is 58.6 Å². The highest BCUT2D eigenvalue weighted by Gasteiger charge is 2.32. The third kappa shape index (κ3) is 3.04. The Labute approximate surface area is 155 Å². The van der Waals surface area contributed by atoms with Crippen molar-refractivity contribution in [3.8, 4) is 5.75 Å². The summed E-state index contributed by atoms with van der Waals surface area (Å²) in [6.45, 7) is 2.12. The molecule has 0 bridgehead atoms. The lowest BCUT2D eigenvalue weighted by Gasteiger charge is -2.32. The first-order chi connectivity index (χ1) is 12.6. The monoisotopic (exact) mass is 366 g/mol. The van der Waals surface area contributed by atoms with Crippen molar-refractivity contribution in [2.45, 2.75) is 19.6 Å². The van der Waals surface area contributed by atoms with Gasteiger partial charge in [0.05, 0.1) is 5.69 Å². The van der Waals surface area contributed by atoms with Gasteiger partial charge in [0.25, 0.3) is 5.91 Å². The van der Waals surface area contributed by atoms with Crippen LogP contribution >= 0.6 is 11.3 Å². The molecule has 26 heavy (non-hydrogen) atoms. The molecule has 132 valence electrons. The summed E-state index contributed by atoms with van der Waals surface area (Å²) >= 11 is 1.66. The standard InChI is InChI=1S/C20H18N2O3S/c1-13-20(24)22(16-7-3-4-8-17(16)25-13)11-19(23)21-10-14-12-26-18-9-5-2-6-15(14)18/h2-9,12-13H,10-11H2,1H3,(H,21,23). The van der Waals surface area contributed by atoms with E-state index in [1.54, 1.807) is 30.4 Å². The number of benzene rings is 2. The third-order valence-corrected chi connectivity index (χ3v) is 5.42. The summed E-state index contributed by atoms with van der Waals surface area (Å²) in [6, 6.07) is 15.4. The summed E-state index contributed by atoms with van der Waals surface area (Å²) in [5.74, 6) is 0.216. The minimum Gasteiger partial charge on any atom is -0.479 e. The lowest BCUT2D eigenvalue weighted by atomic mass is 10.1. The van der Waals surface area contributed by atoms with Crippen LogP contribution < -0.4 is 15.0 Å². The molecule has 0 saturated heterocycles. The van der Waals surface area contributed by atoms with Crippen LogP contribution in [0.15, 0.2) is 53.9 Å². The second kappa shape index (κ2) is 6.80. The smallest absolute Gasteiger partial charge is 0.268 e. The van der Waals surface area contributed by atoms with Crippen LogP contribution in [0.4, 0.5) is 5.69 Å². The van der Waals surface area contributed by atoms with Crippen molar-refractivity contribution in [2.75, 3.05) is 11.4 Å². The number of anilines is 1. The molecule has 2 aromatic carbocycles. The summed E-state index contributed by atoms with van der Waals surface area (Å²) in [7, 11) is 0. The molecule has 4 rings (SSSR count). The summed E-state index contributed by atoms with van der Waals surface area (Å²) in [5.41, 5.74) is 1.72. The summed E-state index contributed by atoms with van der Waals surface area (Å²) in [6.07, 6.45) is -0.599. The van der Waals surface area contributed by atoms with Gasteiger partial charge in [0.15, 0.2) is 6.10 Å². The maximum absolute atomic E-state index is 12.5. The molecule has 1 aromatic heterocycles. The number of ether oxygens (including phenoxy) is 1. The van der Waals surface area contributed by atoms with Crippen molar-refractivity contribution in [3.05, 3.63) is 59.5 Å². The second-order valence-corrected chi connectivity index (χ2v) is 7.10. The number of para-hydroxylation sites is 2. The Morgan fingerprint density at radius 3 is 2.85 bits per heavy atom. The van der Waals surface area contributed by atoms with Crippen molar-refractivity contribution in [3.63, 3.8) is 0 Å². The molecule has 1 aliphatic rings. The molecule has 0 aliphatic carbocycles.